The van der Waals surface area contributed by atoms with Crippen LogP contribution in [0, 0.1) is 0 Å². The summed E-state index contributed by atoms with van der Waals surface area (Å²) in [5.41, 5.74) is 0.957. The van der Waals surface area contributed by atoms with Crippen molar-refractivity contribution in [2.24, 2.45) is 0 Å². The third-order valence-electron chi connectivity index (χ3n) is 2.44. The molecule has 1 aromatic rings. The Kier molecular flexibility index (Phi) is 2.73. The molecule has 3 heteroatoms. The van der Waals surface area contributed by atoms with Crippen molar-refractivity contribution in [3.05, 3.63) is 59.7 Å². The number of carbonyl (C=O) groups excluding carboxylic acids is 1. The molecule has 0 unspecified atom stereocenters. The number of hydrogen-bond donors (Lipinski definition) is 2. The fourth-order valence-corrected chi connectivity index (χ4v) is 1.65. The van der Waals surface area contributed by atoms with Crippen LogP contribution in [0.5, 0.6) is 0 Å². The Bertz CT molecular complexity index is 455. The maximum absolute atomic E-state index is 12.0. The first-order chi connectivity index (χ1) is 7.58. The smallest absolute Gasteiger partial charge is 0.189 e. The first-order valence-electron chi connectivity index (χ1n) is 5.01. The van der Waals surface area contributed by atoms with Crippen LogP contribution in [0.4, 0.5) is 0 Å². The Morgan fingerprint density at radius 1 is 1.19 bits per heavy atom. The first-order valence-corrected chi connectivity index (χ1v) is 5.01. The SMILES string of the molecule is O=C(C1=CC=CC(O)(O)C1)c1ccccc1. The van der Waals surface area contributed by atoms with E-state index in [4.69, 9.17) is 0 Å². The van der Waals surface area contributed by atoms with E-state index in [1.54, 1.807) is 30.3 Å². The quantitative estimate of drug-likeness (QED) is 0.581. The highest BCUT2D eigenvalue weighted by Gasteiger charge is 2.26. The average molecular weight is 216 g/mol. The summed E-state index contributed by atoms with van der Waals surface area (Å²) in [6.45, 7) is 0. The molecule has 1 aromatic carbocycles. The van der Waals surface area contributed by atoms with Gasteiger partial charge in [0.25, 0.3) is 0 Å². The van der Waals surface area contributed by atoms with Gasteiger partial charge in [0, 0.05) is 17.6 Å². The van der Waals surface area contributed by atoms with Crippen molar-refractivity contribution in [3.63, 3.8) is 0 Å². The Balaban J connectivity index is 2.25. The number of allylic oxidation sites excluding steroid dienone is 2. The van der Waals surface area contributed by atoms with Gasteiger partial charge in [-0.25, -0.2) is 0 Å². The summed E-state index contributed by atoms with van der Waals surface area (Å²) in [6.07, 6.45) is 4.28. The standard InChI is InChI=1S/C13H12O3/c14-12(10-5-2-1-3-6-10)11-7-4-8-13(15,16)9-11/h1-8,15-16H,9H2. The number of Topliss-reactive ketones (excluding diaryl/α,β-unsaturated/α-hetero) is 1. The topological polar surface area (TPSA) is 57.5 Å². The lowest BCUT2D eigenvalue weighted by molar-refractivity contribution is -0.116. The Hall–Kier alpha value is -1.71. The van der Waals surface area contributed by atoms with E-state index in [0.29, 0.717) is 11.1 Å². The van der Waals surface area contributed by atoms with Crippen molar-refractivity contribution in [2.75, 3.05) is 0 Å². The van der Waals surface area contributed by atoms with Crippen LogP contribution in [0.3, 0.4) is 0 Å². The number of hydrogen-bond acceptors (Lipinski definition) is 3. The summed E-state index contributed by atoms with van der Waals surface area (Å²) >= 11 is 0. The van der Waals surface area contributed by atoms with Gasteiger partial charge in [-0.2, -0.15) is 0 Å². The average Bonchev–Trinajstić information content (AvgIpc) is 2.28. The summed E-state index contributed by atoms with van der Waals surface area (Å²) < 4.78 is 0. The zero-order valence-corrected chi connectivity index (χ0v) is 8.63. The largest absolute Gasteiger partial charge is 0.362 e. The molecule has 0 heterocycles. The molecule has 0 radical (unpaired) electrons. The van der Waals surface area contributed by atoms with Gasteiger partial charge in [0.05, 0.1) is 0 Å². The van der Waals surface area contributed by atoms with Crippen molar-refractivity contribution in [1.29, 1.82) is 0 Å². The van der Waals surface area contributed by atoms with E-state index in [9.17, 15) is 15.0 Å². The molecule has 0 aromatic heterocycles. The maximum atomic E-state index is 12.0. The molecule has 16 heavy (non-hydrogen) atoms. The van der Waals surface area contributed by atoms with Crippen molar-refractivity contribution in [2.45, 2.75) is 12.2 Å². The van der Waals surface area contributed by atoms with Gasteiger partial charge in [-0.1, -0.05) is 42.5 Å². The van der Waals surface area contributed by atoms with Crippen molar-refractivity contribution >= 4 is 5.78 Å². The molecule has 82 valence electrons. The minimum atomic E-state index is -1.91. The van der Waals surface area contributed by atoms with Gasteiger partial charge < -0.3 is 10.2 Å². The predicted octanol–water partition coefficient (Wildman–Crippen LogP) is 1.44. The van der Waals surface area contributed by atoms with Crippen LogP contribution in [-0.2, 0) is 0 Å². The summed E-state index contributed by atoms with van der Waals surface area (Å²) in [4.78, 5) is 12.0. The van der Waals surface area contributed by atoms with Crippen molar-refractivity contribution in [3.8, 4) is 0 Å². The number of benzene rings is 1. The molecule has 0 saturated carbocycles. The highest BCUT2D eigenvalue weighted by molar-refractivity contribution is 6.09. The first kappa shape index (κ1) is 10.8. The molecule has 0 aliphatic heterocycles. The zero-order chi connectivity index (χ0) is 11.6. The summed E-state index contributed by atoms with van der Waals surface area (Å²) in [6, 6.07) is 8.79. The fourth-order valence-electron chi connectivity index (χ4n) is 1.65. The van der Waals surface area contributed by atoms with Crippen molar-refractivity contribution < 1.29 is 15.0 Å². The lowest BCUT2D eigenvalue weighted by Crippen LogP contribution is -2.29. The lowest BCUT2D eigenvalue weighted by Gasteiger charge is -2.21. The van der Waals surface area contributed by atoms with E-state index < -0.39 is 5.79 Å². The van der Waals surface area contributed by atoms with E-state index >= 15 is 0 Å². The second kappa shape index (κ2) is 4.04. The van der Waals surface area contributed by atoms with E-state index in [1.807, 2.05) is 6.07 Å². The van der Waals surface area contributed by atoms with Gasteiger partial charge >= 0.3 is 0 Å². The molecule has 0 bridgehead atoms. The minimum absolute atomic E-state index is 0.0722. The lowest BCUT2D eigenvalue weighted by atomic mass is 9.93. The third kappa shape index (κ3) is 2.27. The van der Waals surface area contributed by atoms with Crippen LogP contribution < -0.4 is 0 Å². The third-order valence-corrected chi connectivity index (χ3v) is 2.44. The molecular formula is C13H12O3. The highest BCUT2D eigenvalue weighted by Crippen LogP contribution is 2.23. The number of rotatable bonds is 2. The van der Waals surface area contributed by atoms with Crippen molar-refractivity contribution in [1.82, 2.24) is 0 Å². The second-order valence-corrected chi connectivity index (χ2v) is 3.80. The minimum Gasteiger partial charge on any atom is -0.362 e. The fraction of sp³-hybridized carbons (Fsp3) is 0.154. The monoisotopic (exact) mass is 216 g/mol. The normalized spacial score (nSPS) is 18.0. The van der Waals surface area contributed by atoms with Crippen LogP contribution in [0.15, 0.2) is 54.1 Å². The van der Waals surface area contributed by atoms with Gasteiger partial charge in [-0.15, -0.1) is 0 Å². The van der Waals surface area contributed by atoms with Crippen LogP contribution in [-0.4, -0.2) is 21.8 Å². The number of aliphatic hydroxyl groups is 2. The van der Waals surface area contributed by atoms with Crippen LogP contribution in [0.2, 0.25) is 0 Å². The van der Waals surface area contributed by atoms with Gasteiger partial charge in [0.15, 0.2) is 11.6 Å². The van der Waals surface area contributed by atoms with Crippen LogP contribution in [0.1, 0.15) is 16.8 Å². The highest BCUT2D eigenvalue weighted by atomic mass is 16.5. The van der Waals surface area contributed by atoms with E-state index in [-0.39, 0.29) is 12.2 Å². The van der Waals surface area contributed by atoms with Gasteiger partial charge in [0.1, 0.15) is 0 Å². The molecule has 2 rings (SSSR count). The number of ketones is 1. The van der Waals surface area contributed by atoms with E-state index in [0.717, 1.165) is 0 Å². The second-order valence-electron chi connectivity index (χ2n) is 3.80. The molecule has 0 atom stereocenters. The van der Waals surface area contributed by atoms with E-state index in [1.165, 1.54) is 12.2 Å². The molecular weight excluding hydrogens is 204 g/mol. The molecule has 0 fully saturated rings. The number of carbonyl (C=O) groups is 1. The molecule has 3 nitrogen and oxygen atoms in total. The predicted molar refractivity (Wildman–Crippen MR) is 59.8 cm³/mol. The molecule has 1 aliphatic carbocycles. The summed E-state index contributed by atoms with van der Waals surface area (Å²) in [5.74, 6) is -2.08. The summed E-state index contributed by atoms with van der Waals surface area (Å²) in [7, 11) is 0. The van der Waals surface area contributed by atoms with Gasteiger partial charge in [0.2, 0.25) is 0 Å². The molecule has 2 N–H and O–H groups in total. The Labute approximate surface area is 93.4 Å². The zero-order valence-electron chi connectivity index (χ0n) is 8.63. The van der Waals surface area contributed by atoms with Gasteiger partial charge in [-0.3, -0.25) is 4.79 Å². The molecule has 0 spiro atoms. The molecule has 0 saturated heterocycles. The maximum Gasteiger partial charge on any atom is 0.189 e. The Morgan fingerprint density at radius 3 is 2.50 bits per heavy atom. The Morgan fingerprint density at radius 2 is 1.88 bits per heavy atom. The summed E-state index contributed by atoms with van der Waals surface area (Å²) in [5, 5.41) is 18.8. The molecule has 1 aliphatic rings. The van der Waals surface area contributed by atoms with Crippen LogP contribution in [0.25, 0.3) is 0 Å². The van der Waals surface area contributed by atoms with Crippen LogP contribution >= 0.6 is 0 Å². The van der Waals surface area contributed by atoms with E-state index in [2.05, 4.69) is 0 Å². The van der Waals surface area contributed by atoms with Gasteiger partial charge in [-0.05, 0) is 6.08 Å². The molecule has 0 amide bonds.